The van der Waals surface area contributed by atoms with Gasteiger partial charge >= 0.3 is 11.9 Å². The van der Waals surface area contributed by atoms with Crippen molar-refractivity contribution in [3.05, 3.63) is 24.3 Å². The molecule has 1 aromatic carbocycles. The highest BCUT2D eigenvalue weighted by Gasteiger charge is 2.06. The summed E-state index contributed by atoms with van der Waals surface area (Å²) in [5, 5.41) is 0. The first-order valence-corrected chi connectivity index (χ1v) is 8.29. The summed E-state index contributed by atoms with van der Waals surface area (Å²) in [5.74, 6) is 0.142. The quantitative estimate of drug-likeness (QED) is 0.543. The van der Waals surface area contributed by atoms with Crippen LogP contribution >= 0.6 is 23.5 Å². The first kappa shape index (κ1) is 16.9. The minimum atomic E-state index is -0.220. The van der Waals surface area contributed by atoms with Crippen LogP contribution < -0.4 is 0 Å². The SMILES string of the molecule is CCOC(=O)CSc1cccc(SCC(=O)OCC)c1. The summed E-state index contributed by atoms with van der Waals surface area (Å²) in [6.07, 6.45) is 0. The monoisotopic (exact) mass is 314 g/mol. The number of thioether (sulfide) groups is 2. The molecule has 0 aliphatic rings. The molecule has 6 heteroatoms. The molecule has 0 heterocycles. The van der Waals surface area contributed by atoms with Gasteiger partial charge in [0.25, 0.3) is 0 Å². The molecule has 20 heavy (non-hydrogen) atoms. The fourth-order valence-corrected chi connectivity index (χ4v) is 2.92. The van der Waals surface area contributed by atoms with Gasteiger partial charge in [-0.1, -0.05) is 6.07 Å². The summed E-state index contributed by atoms with van der Waals surface area (Å²) in [7, 11) is 0. The number of carbonyl (C=O) groups excluding carboxylic acids is 2. The van der Waals surface area contributed by atoms with Gasteiger partial charge < -0.3 is 9.47 Å². The second kappa shape index (κ2) is 9.72. The van der Waals surface area contributed by atoms with Crippen molar-refractivity contribution in [2.45, 2.75) is 23.6 Å². The zero-order valence-electron chi connectivity index (χ0n) is 11.6. The molecule has 0 aliphatic heterocycles. The lowest BCUT2D eigenvalue weighted by Gasteiger charge is -2.05. The number of carbonyl (C=O) groups is 2. The Labute approximate surface area is 127 Å². The lowest BCUT2D eigenvalue weighted by molar-refractivity contribution is -0.140. The topological polar surface area (TPSA) is 52.6 Å². The van der Waals surface area contributed by atoms with Gasteiger partial charge in [-0.25, -0.2) is 0 Å². The van der Waals surface area contributed by atoms with Crippen LogP contribution in [0.4, 0.5) is 0 Å². The highest BCUT2D eigenvalue weighted by Crippen LogP contribution is 2.25. The van der Waals surface area contributed by atoms with Crippen LogP contribution in [0.15, 0.2) is 34.1 Å². The Bertz CT molecular complexity index is 411. The molecule has 0 unspecified atom stereocenters. The van der Waals surface area contributed by atoms with Crippen LogP contribution in [-0.4, -0.2) is 36.7 Å². The standard InChI is InChI=1S/C14H18O4S2/c1-3-17-13(15)9-19-11-6-5-7-12(8-11)20-10-14(16)18-4-2/h5-8H,3-4,9-10H2,1-2H3. The number of ether oxygens (including phenoxy) is 2. The maximum atomic E-state index is 11.3. The lowest BCUT2D eigenvalue weighted by Crippen LogP contribution is -2.06. The Balaban J connectivity index is 2.45. The highest BCUT2D eigenvalue weighted by molar-refractivity contribution is 8.00. The number of rotatable bonds is 8. The second-order valence-corrected chi connectivity index (χ2v) is 5.76. The van der Waals surface area contributed by atoms with Crippen molar-refractivity contribution in [3.63, 3.8) is 0 Å². The van der Waals surface area contributed by atoms with E-state index in [1.807, 2.05) is 24.3 Å². The number of benzene rings is 1. The molecule has 1 rings (SSSR count). The fourth-order valence-electron chi connectivity index (χ4n) is 1.34. The summed E-state index contributed by atoms with van der Waals surface area (Å²) < 4.78 is 9.75. The van der Waals surface area contributed by atoms with E-state index in [4.69, 9.17) is 9.47 Å². The Morgan fingerprint density at radius 1 is 0.950 bits per heavy atom. The third kappa shape index (κ3) is 6.86. The van der Waals surface area contributed by atoms with Crippen LogP contribution in [0.25, 0.3) is 0 Å². The van der Waals surface area contributed by atoms with Crippen molar-refractivity contribution in [2.24, 2.45) is 0 Å². The Hall–Kier alpha value is -1.14. The molecule has 0 N–H and O–H groups in total. The molecule has 0 amide bonds. The maximum Gasteiger partial charge on any atom is 0.316 e. The zero-order chi connectivity index (χ0) is 14.8. The van der Waals surface area contributed by atoms with Gasteiger partial charge in [0.05, 0.1) is 24.7 Å². The predicted molar refractivity (Wildman–Crippen MR) is 81.2 cm³/mol. The van der Waals surface area contributed by atoms with Gasteiger partial charge in [0.1, 0.15) is 0 Å². The normalized spacial score (nSPS) is 10.1. The van der Waals surface area contributed by atoms with E-state index in [9.17, 15) is 9.59 Å². The van der Waals surface area contributed by atoms with Crippen LogP contribution in [0.3, 0.4) is 0 Å². The Kier molecular flexibility index (Phi) is 8.22. The molecule has 0 aromatic heterocycles. The molecular weight excluding hydrogens is 296 g/mol. The summed E-state index contributed by atoms with van der Waals surface area (Å²) in [6, 6.07) is 7.71. The molecule has 0 saturated carbocycles. The summed E-state index contributed by atoms with van der Waals surface area (Å²) >= 11 is 2.85. The molecule has 1 aromatic rings. The number of esters is 2. The lowest BCUT2D eigenvalue weighted by atomic mass is 10.4. The largest absolute Gasteiger partial charge is 0.465 e. The van der Waals surface area contributed by atoms with Crippen LogP contribution in [0.1, 0.15) is 13.8 Å². The third-order valence-corrected chi connectivity index (χ3v) is 4.06. The molecule has 0 aliphatic carbocycles. The smallest absolute Gasteiger partial charge is 0.316 e. The summed E-state index contributed by atoms with van der Waals surface area (Å²) in [5.41, 5.74) is 0. The number of hydrogen-bond acceptors (Lipinski definition) is 6. The first-order chi connectivity index (χ1) is 9.65. The van der Waals surface area contributed by atoms with Gasteiger partial charge in [-0.05, 0) is 32.0 Å². The number of hydrogen-bond donors (Lipinski definition) is 0. The second-order valence-electron chi connectivity index (χ2n) is 3.66. The summed E-state index contributed by atoms with van der Waals surface area (Å²) in [4.78, 5) is 24.5. The van der Waals surface area contributed by atoms with Gasteiger partial charge in [-0.2, -0.15) is 0 Å². The minimum absolute atomic E-state index is 0.220. The van der Waals surface area contributed by atoms with E-state index >= 15 is 0 Å². The molecule has 110 valence electrons. The van der Waals surface area contributed by atoms with Crippen LogP contribution in [-0.2, 0) is 19.1 Å². The van der Waals surface area contributed by atoms with Crippen LogP contribution in [0.5, 0.6) is 0 Å². The summed E-state index contributed by atoms with van der Waals surface area (Å²) in [6.45, 7) is 4.37. The third-order valence-electron chi connectivity index (χ3n) is 2.13. The molecule has 0 radical (unpaired) electrons. The van der Waals surface area contributed by atoms with E-state index < -0.39 is 0 Å². The molecular formula is C14H18O4S2. The van der Waals surface area contributed by atoms with Crippen molar-refractivity contribution in [1.29, 1.82) is 0 Å². The van der Waals surface area contributed by atoms with Crippen molar-refractivity contribution < 1.29 is 19.1 Å². The van der Waals surface area contributed by atoms with Gasteiger partial charge in [0, 0.05) is 9.79 Å². The average molecular weight is 314 g/mol. The minimum Gasteiger partial charge on any atom is -0.465 e. The van der Waals surface area contributed by atoms with Crippen molar-refractivity contribution in [2.75, 3.05) is 24.7 Å². The van der Waals surface area contributed by atoms with E-state index in [0.29, 0.717) is 24.7 Å². The van der Waals surface area contributed by atoms with Gasteiger partial charge in [-0.15, -0.1) is 23.5 Å². The molecule has 0 saturated heterocycles. The maximum absolute atomic E-state index is 11.3. The zero-order valence-corrected chi connectivity index (χ0v) is 13.2. The molecule has 0 bridgehead atoms. The van der Waals surface area contributed by atoms with E-state index in [2.05, 4.69) is 0 Å². The van der Waals surface area contributed by atoms with Crippen molar-refractivity contribution in [3.8, 4) is 0 Å². The van der Waals surface area contributed by atoms with Gasteiger partial charge in [-0.3, -0.25) is 9.59 Å². The molecule has 0 atom stereocenters. The Morgan fingerprint density at radius 2 is 1.40 bits per heavy atom. The first-order valence-electron chi connectivity index (χ1n) is 6.32. The molecule has 0 spiro atoms. The van der Waals surface area contributed by atoms with Gasteiger partial charge in [0.2, 0.25) is 0 Å². The fraction of sp³-hybridized carbons (Fsp3) is 0.429. The van der Waals surface area contributed by atoms with E-state index in [0.717, 1.165) is 9.79 Å². The average Bonchev–Trinajstić information content (AvgIpc) is 2.44. The van der Waals surface area contributed by atoms with Crippen LogP contribution in [0.2, 0.25) is 0 Å². The van der Waals surface area contributed by atoms with Gasteiger partial charge in [0.15, 0.2) is 0 Å². The van der Waals surface area contributed by atoms with E-state index in [1.54, 1.807) is 13.8 Å². The van der Waals surface area contributed by atoms with E-state index in [-0.39, 0.29) is 11.9 Å². The molecule has 0 fully saturated rings. The van der Waals surface area contributed by atoms with E-state index in [1.165, 1.54) is 23.5 Å². The highest BCUT2D eigenvalue weighted by atomic mass is 32.2. The van der Waals surface area contributed by atoms with Crippen molar-refractivity contribution in [1.82, 2.24) is 0 Å². The van der Waals surface area contributed by atoms with Crippen molar-refractivity contribution >= 4 is 35.5 Å². The Morgan fingerprint density at radius 3 is 1.80 bits per heavy atom. The molecule has 4 nitrogen and oxygen atoms in total. The van der Waals surface area contributed by atoms with Crippen LogP contribution in [0, 0.1) is 0 Å². The predicted octanol–water partition coefficient (Wildman–Crippen LogP) is 3.00.